The normalized spacial score (nSPS) is 11.2. The van der Waals surface area contributed by atoms with Gasteiger partial charge in [0.2, 0.25) is 11.1 Å². The van der Waals surface area contributed by atoms with E-state index in [1.165, 1.54) is 18.9 Å². The highest BCUT2D eigenvalue weighted by Crippen LogP contribution is 2.31. The van der Waals surface area contributed by atoms with Gasteiger partial charge in [0.05, 0.1) is 24.1 Å². The van der Waals surface area contributed by atoms with Gasteiger partial charge in [-0.1, -0.05) is 48.5 Å². The molecule has 4 rings (SSSR count). The Balaban J connectivity index is 1.54. The van der Waals surface area contributed by atoms with Crippen molar-refractivity contribution in [1.82, 2.24) is 19.7 Å². The first-order valence-electron chi connectivity index (χ1n) is 9.90. The fraction of sp³-hybridized carbons (Fsp3) is 0.273. The molecule has 2 aromatic carbocycles. The zero-order valence-corrected chi connectivity index (χ0v) is 19.0. The van der Waals surface area contributed by atoms with Crippen LogP contribution in [0, 0.1) is 6.92 Å². The van der Waals surface area contributed by atoms with Gasteiger partial charge >= 0.3 is 0 Å². The van der Waals surface area contributed by atoms with Crippen LogP contribution in [0.5, 0.6) is 5.75 Å². The monoisotopic (exact) mass is 455 g/mol. The zero-order valence-electron chi connectivity index (χ0n) is 17.5. The summed E-state index contributed by atoms with van der Waals surface area (Å²) in [5, 5.41) is 13.6. The molecule has 1 amide bonds. The number of ether oxygens (including phenoxy) is 1. The third-order valence-corrected chi connectivity index (χ3v) is 6.13. The number of aromatic nitrogens is 4. The van der Waals surface area contributed by atoms with Crippen molar-refractivity contribution in [3.05, 3.63) is 47.0 Å². The number of nitrogens with one attached hydrogen (secondary N) is 1. The molecule has 0 fully saturated rings. The highest BCUT2D eigenvalue weighted by atomic mass is 35.5. The average Bonchev–Trinajstić information content (AvgIpc) is 3.08. The van der Waals surface area contributed by atoms with E-state index in [0.29, 0.717) is 21.6 Å². The molecule has 0 spiro atoms. The number of carbonyl (C=O) groups excluding carboxylic acids is 1. The molecule has 1 N–H and O–H groups in total. The first kappa shape index (κ1) is 21.4. The molecule has 0 radical (unpaired) electrons. The molecule has 0 aliphatic rings. The Morgan fingerprint density at radius 1 is 1.26 bits per heavy atom. The summed E-state index contributed by atoms with van der Waals surface area (Å²) in [6, 6.07) is 11.6. The van der Waals surface area contributed by atoms with E-state index in [9.17, 15) is 4.79 Å². The lowest BCUT2D eigenvalue weighted by Crippen LogP contribution is -2.15. The summed E-state index contributed by atoms with van der Waals surface area (Å²) >= 11 is 7.38. The first-order valence-corrected chi connectivity index (χ1v) is 11.3. The van der Waals surface area contributed by atoms with Crippen LogP contribution < -0.4 is 10.1 Å². The van der Waals surface area contributed by atoms with Crippen LogP contribution in [0.3, 0.4) is 0 Å². The molecule has 4 aromatic rings. The number of nitrogens with zero attached hydrogens (tertiary/aromatic N) is 4. The Morgan fingerprint density at radius 2 is 2.06 bits per heavy atom. The molecule has 0 saturated carbocycles. The Kier molecular flexibility index (Phi) is 6.29. The van der Waals surface area contributed by atoms with Gasteiger partial charge < -0.3 is 14.6 Å². The molecule has 160 valence electrons. The van der Waals surface area contributed by atoms with E-state index in [0.717, 1.165) is 40.6 Å². The van der Waals surface area contributed by atoms with Crippen LogP contribution in [0.25, 0.3) is 22.1 Å². The van der Waals surface area contributed by atoms with Crippen LogP contribution in [-0.2, 0) is 11.3 Å². The fourth-order valence-corrected chi connectivity index (χ4v) is 4.18. The van der Waals surface area contributed by atoms with Gasteiger partial charge in [-0.2, -0.15) is 0 Å². The third kappa shape index (κ3) is 4.31. The maximum absolute atomic E-state index is 12.5. The van der Waals surface area contributed by atoms with Crippen molar-refractivity contribution in [3.63, 3.8) is 0 Å². The quantitative estimate of drug-likeness (QED) is 0.391. The number of anilines is 1. The van der Waals surface area contributed by atoms with E-state index in [1.54, 1.807) is 12.1 Å². The standard InChI is InChI=1S/C22H22ClN5O2S/c1-4-9-28-17-8-6-5-7-14(17)20-21(28)25-22(27-26-20)31-12-19(29)24-16-10-13(2)15(23)11-18(16)30-3/h5-8,10-11H,4,9,12H2,1-3H3,(H,24,29). The van der Waals surface area contributed by atoms with Crippen LogP contribution >= 0.6 is 23.4 Å². The summed E-state index contributed by atoms with van der Waals surface area (Å²) in [4.78, 5) is 17.2. The van der Waals surface area contributed by atoms with Crippen molar-refractivity contribution in [3.8, 4) is 5.75 Å². The molecule has 31 heavy (non-hydrogen) atoms. The zero-order chi connectivity index (χ0) is 22.0. The van der Waals surface area contributed by atoms with Gasteiger partial charge in [0.15, 0.2) is 5.65 Å². The molecule has 0 unspecified atom stereocenters. The number of rotatable bonds is 7. The van der Waals surface area contributed by atoms with Crippen LogP contribution in [0.15, 0.2) is 41.6 Å². The van der Waals surface area contributed by atoms with Crippen LogP contribution in [0.4, 0.5) is 5.69 Å². The molecule has 0 saturated heterocycles. The Labute approximate surface area is 189 Å². The number of halogens is 1. The van der Waals surface area contributed by atoms with Gasteiger partial charge in [0.1, 0.15) is 11.3 Å². The molecule has 0 aliphatic carbocycles. The second-order valence-corrected chi connectivity index (χ2v) is 8.42. The van der Waals surface area contributed by atoms with E-state index in [2.05, 4.69) is 33.1 Å². The largest absolute Gasteiger partial charge is 0.495 e. The first-order chi connectivity index (χ1) is 15.0. The molecule has 0 bridgehead atoms. The number of hydrogen-bond donors (Lipinski definition) is 1. The predicted molar refractivity (Wildman–Crippen MR) is 125 cm³/mol. The molecule has 0 atom stereocenters. The highest BCUT2D eigenvalue weighted by molar-refractivity contribution is 7.99. The SMILES string of the molecule is CCCn1c2ccccc2c2nnc(SCC(=O)Nc3cc(C)c(Cl)cc3OC)nc21. The van der Waals surface area contributed by atoms with Gasteiger partial charge in [-0.15, -0.1) is 10.2 Å². The number of benzene rings is 2. The number of para-hydroxylation sites is 1. The Bertz CT molecular complexity index is 1270. The number of aryl methyl sites for hydroxylation is 2. The topological polar surface area (TPSA) is 81.9 Å². The number of methoxy groups -OCH3 is 1. The summed E-state index contributed by atoms with van der Waals surface area (Å²) < 4.78 is 7.47. The number of amides is 1. The van der Waals surface area contributed by atoms with E-state index in [-0.39, 0.29) is 11.7 Å². The third-order valence-electron chi connectivity index (χ3n) is 4.89. The minimum Gasteiger partial charge on any atom is -0.495 e. The van der Waals surface area contributed by atoms with Crippen molar-refractivity contribution in [2.75, 3.05) is 18.2 Å². The number of carbonyl (C=O) groups is 1. The van der Waals surface area contributed by atoms with E-state index in [1.807, 2.05) is 25.1 Å². The minimum atomic E-state index is -0.192. The summed E-state index contributed by atoms with van der Waals surface area (Å²) in [5.41, 5.74) is 4.08. The maximum atomic E-state index is 12.5. The summed E-state index contributed by atoms with van der Waals surface area (Å²) in [5.74, 6) is 0.464. The second kappa shape index (κ2) is 9.11. The maximum Gasteiger partial charge on any atom is 0.234 e. The number of hydrogen-bond acceptors (Lipinski definition) is 6. The summed E-state index contributed by atoms with van der Waals surface area (Å²) in [7, 11) is 1.54. The lowest BCUT2D eigenvalue weighted by molar-refractivity contribution is -0.113. The highest BCUT2D eigenvalue weighted by Gasteiger charge is 2.16. The fourth-order valence-electron chi connectivity index (χ4n) is 3.45. The second-order valence-electron chi connectivity index (χ2n) is 7.07. The minimum absolute atomic E-state index is 0.145. The summed E-state index contributed by atoms with van der Waals surface area (Å²) in [6.45, 7) is 4.83. The van der Waals surface area contributed by atoms with Gasteiger partial charge in [-0.05, 0) is 31.0 Å². The van der Waals surface area contributed by atoms with Crippen molar-refractivity contribution >= 4 is 57.0 Å². The van der Waals surface area contributed by atoms with Crippen LogP contribution in [0.1, 0.15) is 18.9 Å². The average molecular weight is 456 g/mol. The van der Waals surface area contributed by atoms with E-state index in [4.69, 9.17) is 21.3 Å². The van der Waals surface area contributed by atoms with Crippen molar-refractivity contribution < 1.29 is 9.53 Å². The number of thioether (sulfide) groups is 1. The van der Waals surface area contributed by atoms with E-state index >= 15 is 0 Å². The molecule has 0 aliphatic heterocycles. The number of fused-ring (bicyclic) bond motifs is 3. The van der Waals surface area contributed by atoms with Gasteiger partial charge in [0.25, 0.3) is 0 Å². The lowest BCUT2D eigenvalue weighted by atomic mass is 10.2. The van der Waals surface area contributed by atoms with Gasteiger partial charge in [0, 0.05) is 23.0 Å². The molecule has 2 aromatic heterocycles. The molecular formula is C22H22ClN5O2S. The van der Waals surface area contributed by atoms with Crippen LogP contribution in [0.2, 0.25) is 5.02 Å². The Morgan fingerprint density at radius 3 is 2.84 bits per heavy atom. The molecule has 9 heteroatoms. The Hall–Kier alpha value is -2.84. The molecular weight excluding hydrogens is 434 g/mol. The smallest absolute Gasteiger partial charge is 0.234 e. The predicted octanol–water partition coefficient (Wildman–Crippen LogP) is 5.09. The van der Waals surface area contributed by atoms with Crippen LogP contribution in [-0.4, -0.2) is 38.5 Å². The molecule has 2 heterocycles. The van der Waals surface area contributed by atoms with Crippen molar-refractivity contribution in [2.45, 2.75) is 32.0 Å². The molecule has 7 nitrogen and oxygen atoms in total. The van der Waals surface area contributed by atoms with Crippen molar-refractivity contribution in [2.24, 2.45) is 0 Å². The van der Waals surface area contributed by atoms with E-state index < -0.39 is 0 Å². The summed E-state index contributed by atoms with van der Waals surface area (Å²) in [6.07, 6.45) is 0.977. The van der Waals surface area contributed by atoms with Gasteiger partial charge in [-0.3, -0.25) is 4.79 Å². The lowest BCUT2D eigenvalue weighted by Gasteiger charge is -2.12. The van der Waals surface area contributed by atoms with Gasteiger partial charge in [-0.25, -0.2) is 4.98 Å². The van der Waals surface area contributed by atoms with Crippen molar-refractivity contribution in [1.29, 1.82) is 0 Å².